The highest BCUT2D eigenvalue weighted by Gasteiger charge is 2.14. The summed E-state index contributed by atoms with van der Waals surface area (Å²) in [4.78, 5) is 2.37. The zero-order chi connectivity index (χ0) is 10.9. The highest BCUT2D eigenvalue weighted by molar-refractivity contribution is 4.67. The molecule has 0 aromatic rings. The van der Waals surface area contributed by atoms with Gasteiger partial charge in [-0.05, 0) is 32.0 Å². The Labute approximate surface area is 85.5 Å². The number of nitrogens with zero attached hydrogens (tertiary/aromatic N) is 1. The van der Waals surface area contributed by atoms with Crippen molar-refractivity contribution in [3.05, 3.63) is 0 Å². The maximum atomic E-state index is 2.37. The molecule has 0 amide bonds. The molecular formula is C12H29N. The molecule has 0 radical (unpaired) electrons. The summed E-state index contributed by atoms with van der Waals surface area (Å²) >= 11 is 0. The Morgan fingerprint density at radius 2 is 1.54 bits per heavy atom. The first-order valence-electron chi connectivity index (χ1n) is 5.70. The molecule has 0 aliphatic rings. The van der Waals surface area contributed by atoms with Gasteiger partial charge in [0.2, 0.25) is 0 Å². The fourth-order valence-corrected chi connectivity index (χ4v) is 0.828. The fourth-order valence-electron chi connectivity index (χ4n) is 0.828. The Bertz CT molecular complexity index is 97.3. The molecule has 0 fully saturated rings. The van der Waals surface area contributed by atoms with E-state index >= 15 is 0 Å². The largest absolute Gasteiger partial charge is 0.307 e. The Morgan fingerprint density at radius 3 is 1.85 bits per heavy atom. The predicted molar refractivity (Wildman–Crippen MR) is 63.2 cm³/mol. The first-order valence-corrected chi connectivity index (χ1v) is 5.70. The standard InChI is InChI=1S/C10H23N.C2H6/c1-6-10(3,4)8-9-11(5)7-2;1-2/h6-9H2,1-5H3;1-2H3. The minimum Gasteiger partial charge on any atom is -0.307 e. The van der Waals surface area contributed by atoms with Gasteiger partial charge in [0.15, 0.2) is 0 Å². The van der Waals surface area contributed by atoms with E-state index in [2.05, 4.69) is 39.6 Å². The van der Waals surface area contributed by atoms with E-state index < -0.39 is 0 Å². The number of hydrogen-bond donors (Lipinski definition) is 0. The zero-order valence-electron chi connectivity index (χ0n) is 10.8. The van der Waals surface area contributed by atoms with Crippen molar-refractivity contribution in [1.29, 1.82) is 0 Å². The highest BCUT2D eigenvalue weighted by Crippen LogP contribution is 2.24. The topological polar surface area (TPSA) is 3.24 Å². The van der Waals surface area contributed by atoms with Crippen LogP contribution in [-0.4, -0.2) is 25.0 Å². The van der Waals surface area contributed by atoms with E-state index in [1.165, 1.54) is 25.9 Å². The third kappa shape index (κ3) is 9.88. The monoisotopic (exact) mass is 187 g/mol. The van der Waals surface area contributed by atoms with E-state index in [1.54, 1.807) is 0 Å². The number of rotatable bonds is 5. The van der Waals surface area contributed by atoms with Crippen molar-refractivity contribution >= 4 is 0 Å². The molecule has 0 heterocycles. The van der Waals surface area contributed by atoms with Crippen molar-refractivity contribution in [3.63, 3.8) is 0 Å². The zero-order valence-corrected chi connectivity index (χ0v) is 10.8. The van der Waals surface area contributed by atoms with Crippen LogP contribution in [0.5, 0.6) is 0 Å². The van der Waals surface area contributed by atoms with Crippen molar-refractivity contribution in [1.82, 2.24) is 4.90 Å². The lowest BCUT2D eigenvalue weighted by Crippen LogP contribution is -2.24. The normalized spacial score (nSPS) is 11.1. The molecule has 0 rings (SSSR count). The lowest BCUT2D eigenvalue weighted by atomic mass is 9.86. The van der Waals surface area contributed by atoms with Gasteiger partial charge in [0, 0.05) is 0 Å². The van der Waals surface area contributed by atoms with E-state index in [-0.39, 0.29) is 0 Å². The molecule has 0 saturated heterocycles. The van der Waals surface area contributed by atoms with Crippen molar-refractivity contribution in [3.8, 4) is 0 Å². The van der Waals surface area contributed by atoms with Crippen LogP contribution in [0.1, 0.15) is 54.4 Å². The molecule has 0 unspecified atom stereocenters. The summed E-state index contributed by atoms with van der Waals surface area (Å²) in [6.45, 7) is 15.6. The van der Waals surface area contributed by atoms with Gasteiger partial charge < -0.3 is 4.90 Å². The minimum absolute atomic E-state index is 0.531. The van der Waals surface area contributed by atoms with Crippen LogP contribution in [0.25, 0.3) is 0 Å². The highest BCUT2D eigenvalue weighted by atomic mass is 15.1. The van der Waals surface area contributed by atoms with Gasteiger partial charge in [-0.15, -0.1) is 0 Å². The van der Waals surface area contributed by atoms with Crippen LogP contribution in [0, 0.1) is 5.41 Å². The van der Waals surface area contributed by atoms with Gasteiger partial charge in [-0.1, -0.05) is 48.0 Å². The molecule has 0 aliphatic carbocycles. The van der Waals surface area contributed by atoms with Crippen molar-refractivity contribution in [2.75, 3.05) is 20.1 Å². The van der Waals surface area contributed by atoms with Gasteiger partial charge in [-0.3, -0.25) is 0 Å². The average molecular weight is 187 g/mol. The molecule has 0 aliphatic heterocycles. The summed E-state index contributed by atoms with van der Waals surface area (Å²) < 4.78 is 0. The van der Waals surface area contributed by atoms with Crippen LogP contribution < -0.4 is 0 Å². The van der Waals surface area contributed by atoms with Crippen LogP contribution in [0.2, 0.25) is 0 Å². The molecule has 0 aromatic carbocycles. The number of hydrogen-bond acceptors (Lipinski definition) is 1. The lowest BCUT2D eigenvalue weighted by molar-refractivity contribution is 0.249. The molecule has 13 heavy (non-hydrogen) atoms. The van der Waals surface area contributed by atoms with Gasteiger partial charge >= 0.3 is 0 Å². The molecule has 0 bridgehead atoms. The summed E-state index contributed by atoms with van der Waals surface area (Å²) in [5.41, 5.74) is 0.531. The van der Waals surface area contributed by atoms with Crippen LogP contribution in [-0.2, 0) is 0 Å². The SMILES string of the molecule is CC.CCN(C)CCC(C)(C)CC. The van der Waals surface area contributed by atoms with Gasteiger partial charge in [-0.2, -0.15) is 0 Å². The second kappa shape index (κ2) is 8.55. The summed E-state index contributed by atoms with van der Waals surface area (Å²) in [6, 6.07) is 0. The third-order valence-electron chi connectivity index (χ3n) is 2.67. The maximum absolute atomic E-state index is 2.37. The van der Waals surface area contributed by atoms with Crippen molar-refractivity contribution in [2.24, 2.45) is 5.41 Å². The summed E-state index contributed by atoms with van der Waals surface area (Å²) in [6.07, 6.45) is 2.60. The maximum Gasteiger partial charge on any atom is -0.00168 e. The van der Waals surface area contributed by atoms with Crippen LogP contribution in [0.4, 0.5) is 0 Å². The Morgan fingerprint density at radius 1 is 1.08 bits per heavy atom. The van der Waals surface area contributed by atoms with Crippen LogP contribution in [0.15, 0.2) is 0 Å². The first-order chi connectivity index (χ1) is 6.02. The minimum atomic E-state index is 0.531. The smallest absolute Gasteiger partial charge is 0.00168 e. The van der Waals surface area contributed by atoms with E-state index in [1.807, 2.05) is 13.8 Å². The lowest BCUT2D eigenvalue weighted by Gasteiger charge is -2.25. The first kappa shape index (κ1) is 15.4. The molecule has 0 N–H and O–H groups in total. The fraction of sp³-hybridized carbons (Fsp3) is 1.00. The van der Waals surface area contributed by atoms with E-state index in [9.17, 15) is 0 Å². The van der Waals surface area contributed by atoms with Gasteiger partial charge in [0.25, 0.3) is 0 Å². The van der Waals surface area contributed by atoms with Gasteiger partial charge in [0.1, 0.15) is 0 Å². The van der Waals surface area contributed by atoms with Gasteiger partial charge in [-0.25, -0.2) is 0 Å². The van der Waals surface area contributed by atoms with Crippen molar-refractivity contribution < 1.29 is 0 Å². The molecule has 0 atom stereocenters. The third-order valence-corrected chi connectivity index (χ3v) is 2.67. The molecular weight excluding hydrogens is 158 g/mol. The van der Waals surface area contributed by atoms with E-state index in [0.29, 0.717) is 5.41 Å². The quantitative estimate of drug-likeness (QED) is 0.633. The predicted octanol–water partition coefficient (Wildman–Crippen LogP) is 3.79. The Balaban J connectivity index is 0. The van der Waals surface area contributed by atoms with Crippen LogP contribution in [0.3, 0.4) is 0 Å². The Kier molecular flexibility index (Phi) is 10.2. The summed E-state index contributed by atoms with van der Waals surface area (Å²) in [5.74, 6) is 0. The molecule has 0 aromatic heterocycles. The summed E-state index contributed by atoms with van der Waals surface area (Å²) in [5, 5.41) is 0. The molecule has 1 heteroatoms. The van der Waals surface area contributed by atoms with Gasteiger partial charge in [0.05, 0.1) is 0 Å². The summed E-state index contributed by atoms with van der Waals surface area (Å²) in [7, 11) is 2.19. The molecule has 0 spiro atoms. The molecule has 1 nitrogen and oxygen atoms in total. The van der Waals surface area contributed by atoms with Crippen molar-refractivity contribution in [2.45, 2.75) is 54.4 Å². The second-order valence-electron chi connectivity index (χ2n) is 4.16. The van der Waals surface area contributed by atoms with E-state index in [0.717, 1.165) is 0 Å². The Hall–Kier alpha value is -0.0400. The molecule has 82 valence electrons. The molecule has 0 saturated carbocycles. The second-order valence-corrected chi connectivity index (χ2v) is 4.16. The van der Waals surface area contributed by atoms with E-state index in [4.69, 9.17) is 0 Å². The average Bonchev–Trinajstić information content (AvgIpc) is 2.17. The van der Waals surface area contributed by atoms with Crippen LogP contribution >= 0.6 is 0 Å².